The van der Waals surface area contributed by atoms with E-state index in [1.165, 1.54) is 6.42 Å². The molecule has 0 radical (unpaired) electrons. The van der Waals surface area contributed by atoms with Gasteiger partial charge in [-0.3, -0.25) is 9.69 Å². The fourth-order valence-corrected chi connectivity index (χ4v) is 4.20. The summed E-state index contributed by atoms with van der Waals surface area (Å²) in [7, 11) is 3.14. The van der Waals surface area contributed by atoms with Crippen LogP contribution in [0.1, 0.15) is 41.3 Å². The summed E-state index contributed by atoms with van der Waals surface area (Å²) >= 11 is 0. The first-order valence-electron chi connectivity index (χ1n) is 10.2. The first-order valence-corrected chi connectivity index (χ1v) is 10.2. The standard InChI is InChI=1S/C24H27NO5/c1-15-5-4-10-25(13-15)14-18-19(26)8-7-17-23(27)22(30-24(17)18)12-16-6-9-20(28-2)21(11-16)29-3/h6-9,11-12,15,26H,4-5,10,13-14H2,1-3H3/t15-/m0/s1. The molecule has 6 heteroatoms. The van der Waals surface area contributed by atoms with Crippen LogP contribution in [-0.4, -0.2) is 43.1 Å². The number of likely N-dealkylation sites (tertiary alicyclic amines) is 1. The number of carbonyl (C=O) groups excluding carboxylic acids is 1. The molecule has 2 aromatic carbocycles. The van der Waals surface area contributed by atoms with Gasteiger partial charge in [0.05, 0.1) is 25.3 Å². The van der Waals surface area contributed by atoms with E-state index in [1.807, 2.05) is 6.07 Å². The summed E-state index contributed by atoms with van der Waals surface area (Å²) in [6, 6.07) is 8.62. The van der Waals surface area contributed by atoms with Crippen LogP contribution in [0.15, 0.2) is 36.1 Å². The average Bonchev–Trinajstić information content (AvgIpc) is 3.05. The van der Waals surface area contributed by atoms with E-state index >= 15 is 0 Å². The molecule has 0 spiro atoms. The minimum Gasteiger partial charge on any atom is -0.507 e. The van der Waals surface area contributed by atoms with Crippen LogP contribution in [0.4, 0.5) is 0 Å². The number of phenolic OH excluding ortho intramolecular Hbond substituents is 1. The zero-order valence-corrected chi connectivity index (χ0v) is 17.6. The Morgan fingerprint density at radius 1 is 1.20 bits per heavy atom. The van der Waals surface area contributed by atoms with E-state index in [1.54, 1.807) is 44.6 Å². The van der Waals surface area contributed by atoms with E-state index in [-0.39, 0.29) is 17.3 Å². The van der Waals surface area contributed by atoms with Crippen molar-refractivity contribution < 1.29 is 24.1 Å². The lowest BCUT2D eigenvalue weighted by Gasteiger charge is -2.31. The fraction of sp³-hybridized carbons (Fsp3) is 0.375. The van der Waals surface area contributed by atoms with Gasteiger partial charge in [0, 0.05) is 13.1 Å². The molecule has 1 N–H and O–H groups in total. The number of carbonyl (C=O) groups is 1. The third-order valence-electron chi connectivity index (χ3n) is 5.74. The fourth-order valence-electron chi connectivity index (χ4n) is 4.20. The zero-order valence-electron chi connectivity index (χ0n) is 17.6. The molecule has 0 aromatic heterocycles. The summed E-state index contributed by atoms with van der Waals surface area (Å²) < 4.78 is 16.6. The van der Waals surface area contributed by atoms with Crippen molar-refractivity contribution in [1.82, 2.24) is 4.90 Å². The second kappa shape index (κ2) is 8.40. The summed E-state index contributed by atoms with van der Waals surface area (Å²) in [6.07, 6.45) is 4.05. The van der Waals surface area contributed by atoms with Crippen molar-refractivity contribution in [3.8, 4) is 23.0 Å². The Morgan fingerprint density at radius 2 is 2.00 bits per heavy atom. The Balaban J connectivity index is 1.63. The lowest BCUT2D eigenvalue weighted by molar-refractivity contribution is 0.101. The van der Waals surface area contributed by atoms with Crippen LogP contribution < -0.4 is 14.2 Å². The molecule has 0 aliphatic carbocycles. The lowest BCUT2D eigenvalue weighted by atomic mass is 9.99. The smallest absolute Gasteiger partial charge is 0.231 e. The van der Waals surface area contributed by atoms with Crippen LogP contribution in [0.25, 0.3) is 6.08 Å². The number of rotatable bonds is 5. The number of methoxy groups -OCH3 is 2. The normalized spacial score (nSPS) is 20.2. The van der Waals surface area contributed by atoms with Gasteiger partial charge in [0.2, 0.25) is 5.78 Å². The number of allylic oxidation sites excluding steroid dienone is 1. The van der Waals surface area contributed by atoms with Crippen LogP contribution >= 0.6 is 0 Å². The molecule has 30 heavy (non-hydrogen) atoms. The van der Waals surface area contributed by atoms with Gasteiger partial charge in [-0.15, -0.1) is 0 Å². The Labute approximate surface area is 176 Å². The maximum atomic E-state index is 12.9. The van der Waals surface area contributed by atoms with E-state index in [4.69, 9.17) is 14.2 Å². The van der Waals surface area contributed by atoms with Gasteiger partial charge in [0.1, 0.15) is 11.5 Å². The highest BCUT2D eigenvalue weighted by atomic mass is 16.5. The molecule has 2 aromatic rings. The number of piperidine rings is 1. The quantitative estimate of drug-likeness (QED) is 0.745. The number of phenols is 1. The van der Waals surface area contributed by atoms with E-state index < -0.39 is 0 Å². The maximum Gasteiger partial charge on any atom is 0.231 e. The number of aromatic hydroxyl groups is 1. The number of fused-ring (bicyclic) bond motifs is 1. The van der Waals surface area contributed by atoms with Crippen molar-refractivity contribution >= 4 is 11.9 Å². The van der Waals surface area contributed by atoms with Gasteiger partial charge < -0.3 is 19.3 Å². The van der Waals surface area contributed by atoms with Gasteiger partial charge in [0.25, 0.3) is 0 Å². The van der Waals surface area contributed by atoms with Gasteiger partial charge >= 0.3 is 0 Å². The van der Waals surface area contributed by atoms with Crippen molar-refractivity contribution in [3.63, 3.8) is 0 Å². The summed E-state index contributed by atoms with van der Waals surface area (Å²) in [5.74, 6) is 2.49. The van der Waals surface area contributed by atoms with Crippen LogP contribution in [0.2, 0.25) is 0 Å². The lowest BCUT2D eigenvalue weighted by Crippen LogP contribution is -2.33. The molecule has 2 aliphatic rings. The molecule has 0 saturated carbocycles. The third-order valence-corrected chi connectivity index (χ3v) is 5.74. The second-order valence-corrected chi connectivity index (χ2v) is 7.98. The summed E-state index contributed by atoms with van der Waals surface area (Å²) in [5.41, 5.74) is 1.92. The summed E-state index contributed by atoms with van der Waals surface area (Å²) in [4.78, 5) is 15.3. The number of nitrogens with zero attached hydrogens (tertiary/aromatic N) is 1. The Bertz CT molecular complexity index is 997. The topological polar surface area (TPSA) is 68.2 Å². The van der Waals surface area contributed by atoms with Crippen molar-refractivity contribution in [3.05, 3.63) is 52.8 Å². The molecular weight excluding hydrogens is 382 g/mol. The van der Waals surface area contributed by atoms with Gasteiger partial charge in [-0.1, -0.05) is 13.0 Å². The number of ether oxygens (including phenoxy) is 3. The molecule has 1 atom stereocenters. The highest BCUT2D eigenvalue weighted by molar-refractivity contribution is 6.15. The second-order valence-electron chi connectivity index (χ2n) is 7.98. The van der Waals surface area contributed by atoms with Gasteiger partial charge in [-0.25, -0.2) is 0 Å². The highest BCUT2D eigenvalue weighted by Gasteiger charge is 2.32. The molecule has 1 saturated heterocycles. The van der Waals surface area contributed by atoms with E-state index in [2.05, 4.69) is 11.8 Å². The van der Waals surface area contributed by atoms with E-state index in [9.17, 15) is 9.90 Å². The molecule has 2 heterocycles. The largest absolute Gasteiger partial charge is 0.507 e. The van der Waals surface area contributed by atoms with Crippen molar-refractivity contribution in [2.24, 2.45) is 5.92 Å². The minimum atomic E-state index is -0.187. The van der Waals surface area contributed by atoms with Gasteiger partial charge in [-0.2, -0.15) is 0 Å². The monoisotopic (exact) mass is 409 g/mol. The Kier molecular flexibility index (Phi) is 5.68. The predicted molar refractivity (Wildman–Crippen MR) is 114 cm³/mol. The molecule has 6 nitrogen and oxygen atoms in total. The predicted octanol–water partition coefficient (Wildman–Crippen LogP) is 4.26. The molecule has 2 aliphatic heterocycles. The molecule has 1 fully saturated rings. The SMILES string of the molecule is COc1ccc(C=C2Oc3c(ccc(O)c3CN3CCC[C@H](C)C3)C2=O)cc1OC. The van der Waals surface area contributed by atoms with Crippen molar-refractivity contribution in [2.75, 3.05) is 27.3 Å². The Hall–Kier alpha value is -2.99. The zero-order chi connectivity index (χ0) is 21.3. The first kappa shape index (κ1) is 20.3. The van der Waals surface area contributed by atoms with Crippen LogP contribution in [0, 0.1) is 5.92 Å². The molecule has 0 amide bonds. The first-order chi connectivity index (χ1) is 14.5. The summed E-state index contributed by atoms with van der Waals surface area (Å²) in [5, 5.41) is 10.5. The molecule has 0 unspecified atom stereocenters. The molecular formula is C24H27NO5. The Morgan fingerprint density at radius 3 is 2.73 bits per heavy atom. The van der Waals surface area contributed by atoms with Gasteiger partial charge in [0.15, 0.2) is 17.3 Å². The van der Waals surface area contributed by atoms with Crippen LogP contribution in [0.3, 0.4) is 0 Å². The minimum absolute atomic E-state index is 0.159. The van der Waals surface area contributed by atoms with E-state index in [0.29, 0.717) is 40.8 Å². The average molecular weight is 409 g/mol. The van der Waals surface area contributed by atoms with Gasteiger partial charge in [-0.05, 0) is 61.2 Å². The number of hydrogen-bond donors (Lipinski definition) is 1. The molecule has 4 rings (SSSR count). The number of ketones is 1. The third kappa shape index (κ3) is 3.87. The molecule has 158 valence electrons. The van der Waals surface area contributed by atoms with Crippen molar-refractivity contribution in [2.45, 2.75) is 26.3 Å². The number of Topliss-reactive ketones (excluding diaryl/α,β-unsaturated/α-hetero) is 1. The summed E-state index contributed by atoms with van der Waals surface area (Å²) in [6.45, 7) is 4.77. The number of benzene rings is 2. The number of hydrogen-bond acceptors (Lipinski definition) is 6. The van der Waals surface area contributed by atoms with E-state index in [0.717, 1.165) is 25.1 Å². The van der Waals surface area contributed by atoms with Crippen LogP contribution in [0.5, 0.6) is 23.0 Å². The van der Waals surface area contributed by atoms with Crippen LogP contribution in [-0.2, 0) is 6.54 Å². The molecule has 0 bridgehead atoms. The van der Waals surface area contributed by atoms with Crippen molar-refractivity contribution in [1.29, 1.82) is 0 Å². The highest BCUT2D eigenvalue weighted by Crippen LogP contribution is 2.41. The maximum absolute atomic E-state index is 12.9.